The van der Waals surface area contributed by atoms with E-state index in [-0.39, 0.29) is 17.3 Å². The van der Waals surface area contributed by atoms with Gasteiger partial charge < -0.3 is 14.8 Å². The SMILES string of the molecule is COc1ccc(C=O)cc1OCC(=O)Nc1cccc(S(=O)(=O)N(C)C)c1. The Kier molecular flexibility index (Phi) is 6.54. The average molecular weight is 392 g/mol. The molecule has 0 fully saturated rings. The minimum Gasteiger partial charge on any atom is -0.493 e. The molecule has 0 saturated carbocycles. The van der Waals surface area contributed by atoms with Crippen LogP contribution in [-0.2, 0) is 14.8 Å². The maximum atomic E-state index is 12.2. The summed E-state index contributed by atoms with van der Waals surface area (Å²) in [5, 5.41) is 2.57. The van der Waals surface area contributed by atoms with Gasteiger partial charge in [-0.3, -0.25) is 9.59 Å². The van der Waals surface area contributed by atoms with Crippen LogP contribution in [0.5, 0.6) is 11.5 Å². The number of anilines is 1. The second-order valence-corrected chi connectivity index (χ2v) is 7.83. The minimum absolute atomic E-state index is 0.0616. The molecule has 1 amide bonds. The Labute approximate surface area is 157 Å². The van der Waals surface area contributed by atoms with E-state index in [4.69, 9.17) is 9.47 Å². The number of nitrogens with zero attached hydrogens (tertiary/aromatic N) is 1. The van der Waals surface area contributed by atoms with Crippen molar-refractivity contribution in [1.82, 2.24) is 4.31 Å². The molecule has 9 heteroatoms. The van der Waals surface area contributed by atoms with Crippen LogP contribution in [0, 0.1) is 0 Å². The molecule has 0 spiro atoms. The summed E-state index contributed by atoms with van der Waals surface area (Å²) in [6.07, 6.45) is 0.656. The lowest BCUT2D eigenvalue weighted by atomic mass is 10.2. The maximum Gasteiger partial charge on any atom is 0.262 e. The van der Waals surface area contributed by atoms with Crippen molar-refractivity contribution < 1.29 is 27.5 Å². The molecule has 0 aliphatic rings. The number of ether oxygens (including phenoxy) is 2. The van der Waals surface area contributed by atoms with E-state index in [0.29, 0.717) is 23.3 Å². The Balaban J connectivity index is 2.08. The van der Waals surface area contributed by atoms with E-state index in [1.165, 1.54) is 45.5 Å². The van der Waals surface area contributed by atoms with Gasteiger partial charge in [0.15, 0.2) is 18.1 Å². The summed E-state index contributed by atoms with van der Waals surface area (Å²) in [4.78, 5) is 23.1. The van der Waals surface area contributed by atoms with Crippen molar-refractivity contribution in [3.63, 3.8) is 0 Å². The zero-order valence-corrected chi connectivity index (χ0v) is 15.9. The first-order valence-corrected chi connectivity index (χ1v) is 9.30. The van der Waals surface area contributed by atoms with Crippen molar-refractivity contribution in [2.24, 2.45) is 0 Å². The highest BCUT2D eigenvalue weighted by Gasteiger charge is 2.17. The summed E-state index contributed by atoms with van der Waals surface area (Å²) in [5.74, 6) is 0.140. The van der Waals surface area contributed by atoms with Crippen molar-refractivity contribution in [1.29, 1.82) is 0 Å². The minimum atomic E-state index is -3.61. The van der Waals surface area contributed by atoms with Gasteiger partial charge in [-0.05, 0) is 36.4 Å². The number of carbonyl (C=O) groups is 2. The van der Waals surface area contributed by atoms with Crippen LogP contribution in [0.4, 0.5) is 5.69 Å². The fourth-order valence-corrected chi connectivity index (χ4v) is 3.11. The normalized spacial score (nSPS) is 11.1. The summed E-state index contributed by atoms with van der Waals surface area (Å²) in [6, 6.07) is 10.5. The summed E-state index contributed by atoms with van der Waals surface area (Å²) < 4.78 is 35.9. The quantitative estimate of drug-likeness (QED) is 0.687. The fourth-order valence-electron chi connectivity index (χ4n) is 2.16. The lowest BCUT2D eigenvalue weighted by Gasteiger charge is -2.13. The third kappa shape index (κ3) is 5.05. The first-order chi connectivity index (χ1) is 12.8. The highest BCUT2D eigenvalue weighted by molar-refractivity contribution is 7.89. The van der Waals surface area contributed by atoms with Gasteiger partial charge in [0.25, 0.3) is 5.91 Å². The van der Waals surface area contributed by atoms with Gasteiger partial charge in [0.05, 0.1) is 12.0 Å². The van der Waals surface area contributed by atoms with E-state index in [1.54, 1.807) is 18.2 Å². The first-order valence-electron chi connectivity index (χ1n) is 7.86. The van der Waals surface area contributed by atoms with Gasteiger partial charge in [-0.15, -0.1) is 0 Å². The smallest absolute Gasteiger partial charge is 0.262 e. The monoisotopic (exact) mass is 392 g/mol. The van der Waals surface area contributed by atoms with Crippen molar-refractivity contribution in [2.75, 3.05) is 33.1 Å². The molecule has 0 bridgehead atoms. The second kappa shape index (κ2) is 8.65. The zero-order chi connectivity index (χ0) is 20.0. The van der Waals surface area contributed by atoms with E-state index in [9.17, 15) is 18.0 Å². The van der Waals surface area contributed by atoms with E-state index in [1.807, 2.05) is 0 Å². The second-order valence-electron chi connectivity index (χ2n) is 5.68. The molecule has 0 heterocycles. The number of rotatable bonds is 8. The van der Waals surface area contributed by atoms with E-state index >= 15 is 0 Å². The average Bonchev–Trinajstić information content (AvgIpc) is 2.66. The highest BCUT2D eigenvalue weighted by Crippen LogP contribution is 2.27. The lowest BCUT2D eigenvalue weighted by molar-refractivity contribution is -0.118. The van der Waals surface area contributed by atoms with Crippen LogP contribution in [-0.4, -0.2) is 52.7 Å². The number of hydrogen-bond donors (Lipinski definition) is 1. The molecule has 2 rings (SSSR count). The molecule has 0 aromatic heterocycles. The molecular formula is C18H20N2O6S. The van der Waals surface area contributed by atoms with Crippen LogP contribution in [0.3, 0.4) is 0 Å². The number of methoxy groups -OCH3 is 1. The largest absolute Gasteiger partial charge is 0.493 e. The number of aldehydes is 1. The van der Waals surface area contributed by atoms with E-state index < -0.39 is 15.9 Å². The van der Waals surface area contributed by atoms with Crippen LogP contribution >= 0.6 is 0 Å². The summed E-state index contributed by atoms with van der Waals surface area (Å²) in [5.41, 5.74) is 0.702. The molecule has 1 N–H and O–H groups in total. The number of amides is 1. The number of hydrogen-bond acceptors (Lipinski definition) is 6. The molecule has 2 aromatic carbocycles. The van der Waals surface area contributed by atoms with E-state index in [2.05, 4.69) is 5.32 Å². The molecule has 0 radical (unpaired) electrons. The van der Waals surface area contributed by atoms with Gasteiger partial charge in [-0.1, -0.05) is 6.07 Å². The van der Waals surface area contributed by atoms with Crippen molar-refractivity contribution >= 4 is 27.9 Å². The first kappa shape index (κ1) is 20.4. The zero-order valence-electron chi connectivity index (χ0n) is 15.1. The Bertz CT molecular complexity index is 941. The van der Waals surface area contributed by atoms with E-state index in [0.717, 1.165) is 4.31 Å². The third-order valence-corrected chi connectivity index (χ3v) is 5.39. The predicted molar refractivity (Wildman–Crippen MR) is 99.8 cm³/mol. The molecule has 0 saturated heterocycles. The molecule has 27 heavy (non-hydrogen) atoms. The Hall–Kier alpha value is -2.91. The van der Waals surface area contributed by atoms with Crippen LogP contribution in [0.15, 0.2) is 47.4 Å². The standard InChI is InChI=1S/C18H20N2O6S/c1-20(2)27(23,24)15-6-4-5-14(10-15)19-18(22)12-26-17-9-13(11-21)7-8-16(17)25-3/h4-11H,12H2,1-3H3,(H,19,22). The van der Waals surface area contributed by atoms with Gasteiger partial charge in [0.1, 0.15) is 6.29 Å². The maximum absolute atomic E-state index is 12.2. The number of carbonyl (C=O) groups excluding carboxylic acids is 2. The van der Waals surface area contributed by atoms with Crippen LogP contribution in [0.2, 0.25) is 0 Å². The lowest BCUT2D eigenvalue weighted by Crippen LogP contribution is -2.23. The van der Waals surface area contributed by atoms with Gasteiger partial charge in [-0.2, -0.15) is 0 Å². The Morgan fingerprint density at radius 2 is 1.89 bits per heavy atom. The molecule has 2 aromatic rings. The number of nitrogens with one attached hydrogen (secondary N) is 1. The van der Waals surface area contributed by atoms with Crippen LogP contribution < -0.4 is 14.8 Å². The molecule has 8 nitrogen and oxygen atoms in total. The molecule has 144 valence electrons. The van der Waals surface area contributed by atoms with Crippen molar-refractivity contribution in [2.45, 2.75) is 4.90 Å². The fraction of sp³-hybridized carbons (Fsp3) is 0.222. The molecule has 0 unspecified atom stereocenters. The summed E-state index contributed by atoms with van der Waals surface area (Å²) in [6.45, 7) is -0.344. The van der Waals surface area contributed by atoms with Crippen molar-refractivity contribution in [3.8, 4) is 11.5 Å². The third-order valence-electron chi connectivity index (χ3n) is 3.58. The molecule has 0 atom stereocenters. The summed E-state index contributed by atoms with van der Waals surface area (Å²) >= 11 is 0. The number of sulfonamides is 1. The van der Waals surface area contributed by atoms with Gasteiger partial charge in [0.2, 0.25) is 10.0 Å². The number of benzene rings is 2. The highest BCUT2D eigenvalue weighted by atomic mass is 32.2. The molecular weight excluding hydrogens is 372 g/mol. The van der Waals surface area contributed by atoms with Gasteiger partial charge in [0, 0.05) is 25.3 Å². The van der Waals surface area contributed by atoms with Gasteiger partial charge >= 0.3 is 0 Å². The Morgan fingerprint density at radius 3 is 2.52 bits per heavy atom. The molecule has 0 aliphatic heterocycles. The predicted octanol–water partition coefficient (Wildman–Crippen LogP) is 1.78. The summed E-state index contributed by atoms with van der Waals surface area (Å²) in [7, 11) is 0.690. The van der Waals surface area contributed by atoms with Crippen LogP contribution in [0.25, 0.3) is 0 Å². The topological polar surface area (TPSA) is 102 Å². The van der Waals surface area contributed by atoms with Crippen LogP contribution in [0.1, 0.15) is 10.4 Å². The van der Waals surface area contributed by atoms with Gasteiger partial charge in [-0.25, -0.2) is 12.7 Å². The van der Waals surface area contributed by atoms with Crippen molar-refractivity contribution in [3.05, 3.63) is 48.0 Å². The Morgan fingerprint density at radius 1 is 1.15 bits per heavy atom. The molecule has 0 aliphatic carbocycles.